The molecular weight excluding hydrogens is 550 g/mol. The van der Waals surface area contributed by atoms with Gasteiger partial charge in [-0.1, -0.05) is 41.7 Å². The van der Waals surface area contributed by atoms with Crippen LogP contribution in [-0.2, 0) is 12.8 Å². The Labute approximate surface area is 243 Å². The van der Waals surface area contributed by atoms with Gasteiger partial charge in [0.1, 0.15) is 29.0 Å². The first-order valence-electron chi connectivity index (χ1n) is 13.5. The fourth-order valence-corrected chi connectivity index (χ4v) is 6.02. The number of fused-ring (bicyclic) bond motifs is 2. The van der Waals surface area contributed by atoms with Crippen LogP contribution in [0.4, 0.5) is 0 Å². The largest absolute Gasteiger partial charge is 0.497 e. The summed E-state index contributed by atoms with van der Waals surface area (Å²) < 4.78 is 14.5. The molecule has 3 aromatic carbocycles. The molecule has 0 saturated carbocycles. The molecule has 1 atom stereocenters. The first-order valence-corrected chi connectivity index (χ1v) is 14.3. The van der Waals surface area contributed by atoms with Crippen molar-refractivity contribution in [3.8, 4) is 28.4 Å². The Morgan fingerprint density at radius 2 is 1.86 bits per heavy atom. The fraction of sp³-hybridized carbons (Fsp3) is 0.156. The molecule has 9 nitrogen and oxygen atoms in total. The minimum Gasteiger partial charge on any atom is -0.497 e. The van der Waals surface area contributed by atoms with Crippen molar-refractivity contribution in [3.05, 3.63) is 127 Å². The summed E-state index contributed by atoms with van der Waals surface area (Å²) in [6.07, 6.45) is 4.91. The number of thiazole rings is 1. The molecule has 0 unspecified atom stereocenters. The summed E-state index contributed by atoms with van der Waals surface area (Å²) in [5, 5.41) is 9.32. The van der Waals surface area contributed by atoms with E-state index in [-0.39, 0.29) is 28.7 Å². The SMILES string of the molecule is COc1ccc(Cc2nn3c(=O)/c(=C/c4cn(-c5ccccc5)nc4-c4ccc5c(c4)C[C@@H](C)O5)sc3nc2=O)cc1. The maximum absolute atomic E-state index is 13.5. The van der Waals surface area contributed by atoms with Crippen LogP contribution in [0, 0.1) is 0 Å². The second-order valence-corrected chi connectivity index (χ2v) is 11.2. The molecule has 0 N–H and O–H groups in total. The average molecular weight is 576 g/mol. The van der Waals surface area contributed by atoms with Gasteiger partial charge in [-0.2, -0.15) is 19.7 Å². The predicted molar refractivity (Wildman–Crippen MR) is 161 cm³/mol. The van der Waals surface area contributed by atoms with Crippen molar-refractivity contribution in [1.82, 2.24) is 24.4 Å². The van der Waals surface area contributed by atoms with Crippen LogP contribution >= 0.6 is 11.3 Å². The third kappa shape index (κ3) is 4.75. The van der Waals surface area contributed by atoms with Gasteiger partial charge in [-0.15, -0.1) is 0 Å². The molecule has 4 heterocycles. The van der Waals surface area contributed by atoms with Gasteiger partial charge in [-0.25, -0.2) is 4.68 Å². The van der Waals surface area contributed by atoms with E-state index in [2.05, 4.69) is 23.1 Å². The third-order valence-electron chi connectivity index (χ3n) is 7.20. The van der Waals surface area contributed by atoms with Gasteiger partial charge in [-0.05, 0) is 66.6 Å². The molecule has 0 saturated heterocycles. The molecule has 1 aliphatic heterocycles. The van der Waals surface area contributed by atoms with Crippen LogP contribution in [0.1, 0.15) is 29.3 Å². The van der Waals surface area contributed by atoms with Crippen LogP contribution in [0.3, 0.4) is 0 Å². The summed E-state index contributed by atoms with van der Waals surface area (Å²) >= 11 is 1.13. The summed E-state index contributed by atoms with van der Waals surface area (Å²) in [6.45, 7) is 2.05. The minimum absolute atomic E-state index is 0.127. The first kappa shape index (κ1) is 25.8. The standard InChI is InChI=1S/C32H25N5O4S/c1-19-14-22-16-21(10-13-27(22)41-19)29-23(18-36(35-29)24-6-4-3-5-7-24)17-28-31(39)37-32(42-28)33-30(38)26(34-37)15-20-8-11-25(40-2)12-9-20/h3-13,16-19H,14-15H2,1-2H3/b28-17-/t19-/m1/s1. The molecule has 1 aliphatic rings. The van der Waals surface area contributed by atoms with E-state index < -0.39 is 5.56 Å². The molecule has 0 bridgehead atoms. The number of benzene rings is 3. The summed E-state index contributed by atoms with van der Waals surface area (Å²) in [7, 11) is 1.60. The van der Waals surface area contributed by atoms with E-state index in [9.17, 15) is 9.59 Å². The molecule has 0 amide bonds. The average Bonchev–Trinajstić information content (AvgIpc) is 3.68. The van der Waals surface area contributed by atoms with Gasteiger partial charge < -0.3 is 9.47 Å². The number of para-hydroxylation sites is 1. The van der Waals surface area contributed by atoms with Gasteiger partial charge in [0.05, 0.1) is 17.3 Å². The zero-order valence-electron chi connectivity index (χ0n) is 22.9. The lowest BCUT2D eigenvalue weighted by Gasteiger charge is -2.04. The van der Waals surface area contributed by atoms with Crippen molar-refractivity contribution in [2.24, 2.45) is 0 Å². The molecule has 42 heavy (non-hydrogen) atoms. The van der Waals surface area contributed by atoms with Crippen LogP contribution in [0.2, 0.25) is 0 Å². The lowest BCUT2D eigenvalue weighted by molar-refractivity contribution is 0.254. The van der Waals surface area contributed by atoms with E-state index in [1.165, 1.54) is 4.52 Å². The lowest BCUT2D eigenvalue weighted by Crippen LogP contribution is -2.28. The maximum atomic E-state index is 13.5. The molecule has 0 radical (unpaired) electrons. The normalized spacial score (nSPS) is 14.7. The van der Waals surface area contributed by atoms with Crippen molar-refractivity contribution < 1.29 is 9.47 Å². The zero-order valence-corrected chi connectivity index (χ0v) is 23.7. The Morgan fingerprint density at radius 1 is 1.05 bits per heavy atom. The molecule has 3 aromatic heterocycles. The molecule has 6 aromatic rings. The van der Waals surface area contributed by atoms with E-state index >= 15 is 0 Å². The second kappa shape index (κ2) is 10.4. The van der Waals surface area contributed by atoms with Gasteiger partial charge in [0, 0.05) is 30.2 Å². The summed E-state index contributed by atoms with van der Waals surface area (Å²) in [4.78, 5) is 30.8. The Morgan fingerprint density at radius 3 is 2.64 bits per heavy atom. The highest BCUT2D eigenvalue weighted by Crippen LogP contribution is 2.34. The van der Waals surface area contributed by atoms with Gasteiger partial charge in [0.25, 0.3) is 11.1 Å². The van der Waals surface area contributed by atoms with E-state index in [1.54, 1.807) is 17.9 Å². The molecule has 0 spiro atoms. The van der Waals surface area contributed by atoms with Gasteiger partial charge in [-0.3, -0.25) is 9.59 Å². The first-order chi connectivity index (χ1) is 20.4. The topological polar surface area (TPSA) is 101 Å². The molecule has 208 valence electrons. The van der Waals surface area contributed by atoms with Crippen LogP contribution in [0.15, 0.2) is 88.6 Å². The lowest BCUT2D eigenvalue weighted by atomic mass is 10.0. The van der Waals surface area contributed by atoms with Crippen molar-refractivity contribution >= 4 is 22.4 Å². The third-order valence-corrected chi connectivity index (χ3v) is 8.16. The van der Waals surface area contributed by atoms with Crippen LogP contribution in [-0.4, -0.2) is 37.6 Å². The monoisotopic (exact) mass is 575 g/mol. The Kier molecular flexibility index (Phi) is 6.39. The molecule has 0 aliphatic carbocycles. The fourth-order valence-electron chi connectivity index (χ4n) is 5.13. The maximum Gasteiger partial charge on any atom is 0.296 e. The number of rotatable bonds is 6. The Bertz CT molecular complexity index is 2120. The van der Waals surface area contributed by atoms with E-state index in [1.807, 2.05) is 72.9 Å². The van der Waals surface area contributed by atoms with Crippen molar-refractivity contribution in [3.63, 3.8) is 0 Å². The van der Waals surface area contributed by atoms with Crippen LogP contribution in [0.25, 0.3) is 28.0 Å². The second-order valence-electron chi connectivity index (χ2n) is 10.2. The van der Waals surface area contributed by atoms with Crippen molar-refractivity contribution in [1.29, 1.82) is 0 Å². The van der Waals surface area contributed by atoms with Crippen molar-refractivity contribution in [2.45, 2.75) is 25.9 Å². The van der Waals surface area contributed by atoms with E-state index in [4.69, 9.17) is 14.6 Å². The number of ether oxygens (including phenoxy) is 2. The Balaban J connectivity index is 1.33. The molecule has 7 rings (SSSR count). The summed E-state index contributed by atoms with van der Waals surface area (Å²) in [5.74, 6) is 1.60. The number of methoxy groups -OCH3 is 1. The number of aromatic nitrogens is 5. The van der Waals surface area contributed by atoms with Gasteiger partial charge >= 0.3 is 0 Å². The molecule has 0 fully saturated rings. The van der Waals surface area contributed by atoms with E-state index in [0.29, 0.717) is 4.53 Å². The highest BCUT2D eigenvalue weighted by molar-refractivity contribution is 7.15. The van der Waals surface area contributed by atoms with Gasteiger partial charge in [0.2, 0.25) is 4.96 Å². The highest BCUT2D eigenvalue weighted by Gasteiger charge is 2.21. The Hall–Kier alpha value is -5.09. The highest BCUT2D eigenvalue weighted by atomic mass is 32.1. The number of hydrogen-bond acceptors (Lipinski definition) is 8. The quantitative estimate of drug-likeness (QED) is 0.298. The van der Waals surface area contributed by atoms with Crippen LogP contribution < -0.4 is 25.1 Å². The van der Waals surface area contributed by atoms with Gasteiger partial charge in [0.15, 0.2) is 0 Å². The summed E-state index contributed by atoms with van der Waals surface area (Å²) in [5.41, 5.74) is 4.71. The number of hydrogen-bond donors (Lipinski definition) is 0. The van der Waals surface area contributed by atoms with E-state index in [0.717, 1.165) is 62.9 Å². The summed E-state index contributed by atoms with van der Waals surface area (Å²) in [6, 6.07) is 23.2. The van der Waals surface area contributed by atoms with Crippen molar-refractivity contribution in [2.75, 3.05) is 7.11 Å². The van der Waals surface area contributed by atoms with Crippen LogP contribution in [0.5, 0.6) is 11.5 Å². The molecular formula is C32H25N5O4S. The minimum atomic E-state index is -0.453. The molecule has 10 heteroatoms. The predicted octanol–water partition coefficient (Wildman–Crippen LogP) is 3.83. The number of nitrogens with zero attached hydrogens (tertiary/aromatic N) is 5. The smallest absolute Gasteiger partial charge is 0.296 e. The zero-order chi connectivity index (χ0) is 28.8.